The van der Waals surface area contributed by atoms with Gasteiger partial charge in [0.05, 0.1) is 13.2 Å². The van der Waals surface area contributed by atoms with Gasteiger partial charge in [0.25, 0.3) is 0 Å². The lowest BCUT2D eigenvalue weighted by Gasteiger charge is -2.37. The lowest BCUT2D eigenvalue weighted by Crippen LogP contribution is -2.33. The molecular weight excluding hydrogens is 252 g/mol. The normalized spacial score (nSPS) is 18.1. The lowest BCUT2D eigenvalue weighted by molar-refractivity contribution is -0.121. The fourth-order valence-corrected chi connectivity index (χ4v) is 2.99. The summed E-state index contributed by atoms with van der Waals surface area (Å²) in [5.74, 6) is 0.400. The molecule has 0 radical (unpaired) electrons. The molecule has 0 heterocycles. The Morgan fingerprint density at radius 2 is 1.75 bits per heavy atom. The van der Waals surface area contributed by atoms with Crippen LogP contribution >= 0.6 is 0 Å². The Morgan fingerprint density at radius 3 is 2.40 bits per heavy atom. The molecule has 0 unspecified atom stereocenters. The molecule has 0 saturated heterocycles. The summed E-state index contributed by atoms with van der Waals surface area (Å²) in [6.07, 6.45) is 4.28. The predicted molar refractivity (Wildman–Crippen MR) is 78.9 cm³/mol. The monoisotopic (exact) mass is 276 g/mol. The van der Waals surface area contributed by atoms with E-state index in [0.717, 1.165) is 25.9 Å². The van der Waals surface area contributed by atoms with Gasteiger partial charge >= 0.3 is 0 Å². The van der Waals surface area contributed by atoms with Gasteiger partial charge in [0.1, 0.15) is 5.78 Å². The summed E-state index contributed by atoms with van der Waals surface area (Å²) in [7, 11) is 1.68. The lowest BCUT2D eigenvalue weighted by atomic mass is 9.67. The molecule has 3 nitrogen and oxygen atoms in total. The molecule has 0 N–H and O–H groups in total. The van der Waals surface area contributed by atoms with E-state index in [-0.39, 0.29) is 5.41 Å². The van der Waals surface area contributed by atoms with E-state index in [1.807, 2.05) is 6.07 Å². The highest BCUT2D eigenvalue weighted by Crippen LogP contribution is 2.41. The average molecular weight is 276 g/mol. The number of ketones is 1. The molecule has 20 heavy (non-hydrogen) atoms. The van der Waals surface area contributed by atoms with Crippen LogP contribution < -0.4 is 0 Å². The molecule has 0 aromatic heterocycles. The first-order valence-electron chi connectivity index (χ1n) is 7.41. The molecule has 1 aliphatic carbocycles. The average Bonchev–Trinajstić information content (AvgIpc) is 2.50. The van der Waals surface area contributed by atoms with Crippen LogP contribution in [-0.4, -0.2) is 32.7 Å². The molecule has 1 saturated carbocycles. The molecular formula is C17H24O3. The van der Waals surface area contributed by atoms with E-state index in [9.17, 15) is 4.79 Å². The van der Waals surface area contributed by atoms with E-state index in [1.54, 1.807) is 7.11 Å². The molecule has 1 aliphatic rings. The van der Waals surface area contributed by atoms with Crippen molar-refractivity contribution < 1.29 is 14.3 Å². The molecule has 0 aliphatic heterocycles. The van der Waals surface area contributed by atoms with Crippen LogP contribution in [-0.2, 0) is 19.7 Å². The van der Waals surface area contributed by atoms with Crippen LogP contribution in [0.4, 0.5) is 0 Å². The summed E-state index contributed by atoms with van der Waals surface area (Å²) < 4.78 is 10.6. The van der Waals surface area contributed by atoms with Crippen LogP contribution in [0.1, 0.15) is 37.7 Å². The molecule has 0 spiro atoms. The van der Waals surface area contributed by atoms with Crippen LogP contribution in [0.5, 0.6) is 0 Å². The van der Waals surface area contributed by atoms with Gasteiger partial charge in [-0.05, 0) is 30.2 Å². The molecule has 1 aromatic carbocycles. The summed E-state index contributed by atoms with van der Waals surface area (Å²) in [4.78, 5) is 11.5. The van der Waals surface area contributed by atoms with Gasteiger partial charge in [-0.25, -0.2) is 0 Å². The SMILES string of the molecule is COCCOCCC1(c2ccccc2)CCC(=O)CC1. The first kappa shape index (κ1) is 15.2. The zero-order chi connectivity index (χ0) is 14.3. The molecule has 0 bridgehead atoms. The van der Waals surface area contributed by atoms with Crippen LogP contribution in [0.3, 0.4) is 0 Å². The highest BCUT2D eigenvalue weighted by atomic mass is 16.5. The molecule has 110 valence electrons. The van der Waals surface area contributed by atoms with Crippen molar-refractivity contribution in [3.05, 3.63) is 35.9 Å². The smallest absolute Gasteiger partial charge is 0.132 e. The third-order valence-corrected chi connectivity index (χ3v) is 4.31. The Hall–Kier alpha value is -1.19. The predicted octanol–water partition coefficient (Wildman–Crippen LogP) is 3.12. The van der Waals surface area contributed by atoms with Crippen molar-refractivity contribution >= 4 is 5.78 Å². The molecule has 1 aromatic rings. The summed E-state index contributed by atoms with van der Waals surface area (Å²) in [5.41, 5.74) is 1.46. The van der Waals surface area contributed by atoms with Crippen LogP contribution in [0.15, 0.2) is 30.3 Å². The summed E-state index contributed by atoms with van der Waals surface area (Å²) in [6, 6.07) is 10.6. The van der Waals surface area contributed by atoms with Crippen molar-refractivity contribution in [2.24, 2.45) is 0 Å². The highest BCUT2D eigenvalue weighted by molar-refractivity contribution is 5.79. The summed E-state index contributed by atoms with van der Waals surface area (Å²) in [6.45, 7) is 2.00. The number of methoxy groups -OCH3 is 1. The van der Waals surface area contributed by atoms with Crippen molar-refractivity contribution in [3.63, 3.8) is 0 Å². The van der Waals surface area contributed by atoms with Gasteiger partial charge in [-0.2, -0.15) is 0 Å². The van der Waals surface area contributed by atoms with Crippen molar-refractivity contribution in [1.29, 1.82) is 0 Å². The maximum Gasteiger partial charge on any atom is 0.132 e. The number of Topliss-reactive ketones (excluding diaryl/α,β-unsaturated/α-hetero) is 1. The van der Waals surface area contributed by atoms with Crippen molar-refractivity contribution in [2.45, 2.75) is 37.5 Å². The summed E-state index contributed by atoms with van der Waals surface area (Å²) >= 11 is 0. The van der Waals surface area contributed by atoms with E-state index in [2.05, 4.69) is 24.3 Å². The van der Waals surface area contributed by atoms with E-state index in [4.69, 9.17) is 9.47 Å². The fourth-order valence-electron chi connectivity index (χ4n) is 2.99. The minimum atomic E-state index is 0.113. The third-order valence-electron chi connectivity index (χ3n) is 4.31. The second kappa shape index (κ2) is 7.55. The van der Waals surface area contributed by atoms with Crippen LogP contribution in [0.25, 0.3) is 0 Å². The molecule has 1 fully saturated rings. The van der Waals surface area contributed by atoms with Gasteiger partial charge in [-0.15, -0.1) is 0 Å². The molecule has 3 heteroatoms. The second-order valence-corrected chi connectivity index (χ2v) is 5.54. The number of ether oxygens (including phenoxy) is 2. The van der Waals surface area contributed by atoms with Crippen LogP contribution in [0, 0.1) is 0 Å². The second-order valence-electron chi connectivity index (χ2n) is 5.54. The minimum absolute atomic E-state index is 0.113. The van der Waals surface area contributed by atoms with Gasteiger partial charge in [-0.1, -0.05) is 30.3 Å². The third kappa shape index (κ3) is 3.90. The van der Waals surface area contributed by atoms with E-state index < -0.39 is 0 Å². The first-order chi connectivity index (χ1) is 9.77. The highest BCUT2D eigenvalue weighted by Gasteiger charge is 2.35. The molecule has 0 amide bonds. The Bertz CT molecular complexity index is 404. The minimum Gasteiger partial charge on any atom is -0.382 e. The first-order valence-corrected chi connectivity index (χ1v) is 7.41. The topological polar surface area (TPSA) is 35.5 Å². The van der Waals surface area contributed by atoms with E-state index >= 15 is 0 Å². The van der Waals surface area contributed by atoms with E-state index in [1.165, 1.54) is 5.56 Å². The largest absolute Gasteiger partial charge is 0.382 e. The van der Waals surface area contributed by atoms with Gasteiger partial charge in [0.2, 0.25) is 0 Å². The van der Waals surface area contributed by atoms with Gasteiger partial charge in [0.15, 0.2) is 0 Å². The van der Waals surface area contributed by atoms with Gasteiger partial charge in [-0.3, -0.25) is 4.79 Å². The Morgan fingerprint density at radius 1 is 1.05 bits per heavy atom. The van der Waals surface area contributed by atoms with Crippen LogP contribution in [0.2, 0.25) is 0 Å². The maximum atomic E-state index is 11.5. The zero-order valence-corrected chi connectivity index (χ0v) is 12.3. The van der Waals surface area contributed by atoms with Crippen molar-refractivity contribution in [3.8, 4) is 0 Å². The van der Waals surface area contributed by atoms with E-state index in [0.29, 0.717) is 31.8 Å². The quantitative estimate of drug-likeness (QED) is 0.718. The standard InChI is InChI=1S/C17H24O3/c1-19-13-14-20-12-11-17(9-7-16(18)8-10-17)15-5-3-2-4-6-15/h2-6H,7-14H2,1H3. The maximum absolute atomic E-state index is 11.5. The number of carbonyl (C=O) groups excluding carboxylic acids is 1. The Kier molecular flexibility index (Phi) is 5.74. The van der Waals surface area contributed by atoms with Gasteiger partial charge in [0, 0.05) is 26.6 Å². The Labute approximate surface area is 121 Å². The van der Waals surface area contributed by atoms with Crippen molar-refractivity contribution in [1.82, 2.24) is 0 Å². The summed E-state index contributed by atoms with van der Waals surface area (Å²) in [5, 5.41) is 0. The Balaban J connectivity index is 1.99. The number of hydrogen-bond donors (Lipinski definition) is 0. The number of rotatable bonds is 7. The van der Waals surface area contributed by atoms with Crippen molar-refractivity contribution in [2.75, 3.05) is 26.9 Å². The fraction of sp³-hybridized carbons (Fsp3) is 0.588. The van der Waals surface area contributed by atoms with Gasteiger partial charge < -0.3 is 9.47 Å². The number of hydrogen-bond acceptors (Lipinski definition) is 3. The molecule has 0 atom stereocenters. The zero-order valence-electron chi connectivity index (χ0n) is 12.3. The molecule has 2 rings (SSSR count). The number of carbonyl (C=O) groups is 1. The number of benzene rings is 1.